The highest BCUT2D eigenvalue weighted by molar-refractivity contribution is 5.74. The monoisotopic (exact) mass is 299 g/mol. The first-order valence-corrected chi connectivity index (χ1v) is 8.24. The van der Waals surface area contributed by atoms with E-state index in [0.717, 1.165) is 38.8 Å². The van der Waals surface area contributed by atoms with Crippen molar-refractivity contribution >= 4 is 6.03 Å². The first-order chi connectivity index (χ1) is 9.93. The summed E-state index contributed by atoms with van der Waals surface area (Å²) in [6, 6.07) is 0.515. The molecule has 2 amide bonds. The molecule has 0 aromatic heterocycles. The molecule has 2 N–H and O–H groups in total. The van der Waals surface area contributed by atoms with E-state index in [9.17, 15) is 4.79 Å². The maximum atomic E-state index is 12.3. The zero-order chi connectivity index (χ0) is 15.8. The first-order valence-electron chi connectivity index (χ1n) is 8.24. The number of amides is 2. The van der Waals surface area contributed by atoms with Crippen LogP contribution >= 0.6 is 0 Å². The largest absolute Gasteiger partial charge is 0.396 e. The highest BCUT2D eigenvalue weighted by Crippen LogP contribution is 2.16. The summed E-state index contributed by atoms with van der Waals surface area (Å²) < 4.78 is 0. The van der Waals surface area contributed by atoms with E-state index in [2.05, 4.69) is 38.2 Å². The van der Waals surface area contributed by atoms with Crippen molar-refractivity contribution in [3.05, 3.63) is 0 Å². The minimum atomic E-state index is 0.0493. The summed E-state index contributed by atoms with van der Waals surface area (Å²) in [5.74, 6) is 0.958. The quantitative estimate of drug-likeness (QED) is 0.753. The van der Waals surface area contributed by atoms with Gasteiger partial charge in [0.15, 0.2) is 0 Å². The molecule has 124 valence electrons. The van der Waals surface area contributed by atoms with Crippen molar-refractivity contribution in [2.24, 2.45) is 11.8 Å². The van der Waals surface area contributed by atoms with Gasteiger partial charge in [-0.1, -0.05) is 13.8 Å². The van der Waals surface area contributed by atoms with Crippen LogP contribution in [0.5, 0.6) is 0 Å². The third-order valence-corrected chi connectivity index (χ3v) is 4.30. The van der Waals surface area contributed by atoms with Crippen LogP contribution in [0.25, 0.3) is 0 Å². The predicted molar refractivity (Wildman–Crippen MR) is 86.3 cm³/mol. The highest BCUT2D eigenvalue weighted by atomic mass is 16.3. The molecule has 2 atom stereocenters. The summed E-state index contributed by atoms with van der Waals surface area (Å²) in [6.07, 6.45) is 4.04. The highest BCUT2D eigenvalue weighted by Gasteiger charge is 2.25. The number of carbonyl (C=O) groups is 1. The second-order valence-corrected chi connectivity index (χ2v) is 6.90. The maximum absolute atomic E-state index is 12.3. The lowest BCUT2D eigenvalue weighted by molar-refractivity contribution is 0.138. The SMILES string of the molecule is CC(C)CC(CCO)CNC(=O)N1CCCC(N(C)C)C1. The van der Waals surface area contributed by atoms with Crippen molar-refractivity contribution in [3.8, 4) is 0 Å². The van der Waals surface area contributed by atoms with E-state index in [1.165, 1.54) is 0 Å². The Bertz CT molecular complexity index is 308. The summed E-state index contributed by atoms with van der Waals surface area (Å²) in [5, 5.41) is 12.2. The molecule has 2 unspecified atom stereocenters. The van der Waals surface area contributed by atoms with Crippen molar-refractivity contribution in [1.29, 1.82) is 0 Å². The number of rotatable bonds is 7. The first kappa shape index (κ1) is 18.2. The van der Waals surface area contributed by atoms with Crippen LogP contribution < -0.4 is 5.32 Å². The number of likely N-dealkylation sites (tertiary alicyclic amines) is 1. The van der Waals surface area contributed by atoms with E-state index < -0.39 is 0 Å². The average molecular weight is 299 g/mol. The molecule has 0 saturated carbocycles. The topological polar surface area (TPSA) is 55.8 Å². The van der Waals surface area contributed by atoms with E-state index in [1.807, 2.05) is 4.90 Å². The molecule has 0 radical (unpaired) electrons. The van der Waals surface area contributed by atoms with Gasteiger partial charge in [0.2, 0.25) is 0 Å². The number of carbonyl (C=O) groups excluding carboxylic acids is 1. The fourth-order valence-electron chi connectivity index (χ4n) is 3.06. The summed E-state index contributed by atoms with van der Waals surface area (Å²) in [4.78, 5) is 16.4. The van der Waals surface area contributed by atoms with Crippen LogP contribution in [0, 0.1) is 11.8 Å². The Hall–Kier alpha value is -0.810. The van der Waals surface area contributed by atoms with Crippen molar-refractivity contribution in [3.63, 3.8) is 0 Å². The van der Waals surface area contributed by atoms with Crippen LogP contribution in [0.2, 0.25) is 0 Å². The Morgan fingerprint density at radius 1 is 1.43 bits per heavy atom. The van der Waals surface area contributed by atoms with E-state index in [4.69, 9.17) is 5.11 Å². The van der Waals surface area contributed by atoms with E-state index in [1.54, 1.807) is 0 Å². The number of piperidine rings is 1. The van der Waals surface area contributed by atoms with Gasteiger partial charge in [0.25, 0.3) is 0 Å². The number of aliphatic hydroxyl groups excluding tert-OH is 1. The van der Waals surface area contributed by atoms with Gasteiger partial charge >= 0.3 is 6.03 Å². The normalized spacial score (nSPS) is 20.9. The molecule has 0 spiro atoms. The summed E-state index contributed by atoms with van der Waals surface area (Å²) in [5.41, 5.74) is 0. The lowest BCUT2D eigenvalue weighted by Crippen LogP contribution is -2.51. The number of likely N-dealkylation sites (N-methyl/N-ethyl adjacent to an activating group) is 1. The molecule has 1 fully saturated rings. The molecule has 5 heteroatoms. The van der Waals surface area contributed by atoms with Crippen LogP contribution in [0.15, 0.2) is 0 Å². The minimum Gasteiger partial charge on any atom is -0.396 e. The minimum absolute atomic E-state index is 0.0493. The third-order valence-electron chi connectivity index (χ3n) is 4.30. The summed E-state index contributed by atoms with van der Waals surface area (Å²) in [7, 11) is 4.15. The Morgan fingerprint density at radius 3 is 2.71 bits per heavy atom. The van der Waals surface area contributed by atoms with Gasteiger partial charge in [-0.15, -0.1) is 0 Å². The standard InChI is InChI=1S/C16H33N3O2/c1-13(2)10-14(7-9-20)11-17-16(21)19-8-5-6-15(12-19)18(3)4/h13-15,20H,5-12H2,1-4H3,(H,17,21). The molecule has 0 aromatic rings. The number of nitrogens with one attached hydrogen (secondary N) is 1. The van der Waals surface area contributed by atoms with Gasteiger partial charge in [-0.3, -0.25) is 0 Å². The molecule has 21 heavy (non-hydrogen) atoms. The van der Waals surface area contributed by atoms with Gasteiger partial charge in [0, 0.05) is 32.3 Å². The maximum Gasteiger partial charge on any atom is 0.317 e. The molecular formula is C16H33N3O2. The summed E-state index contributed by atoms with van der Waals surface area (Å²) in [6.45, 7) is 6.89. The molecule has 1 aliphatic heterocycles. The van der Waals surface area contributed by atoms with Crippen molar-refractivity contribution in [2.45, 2.75) is 45.6 Å². The number of hydrogen-bond acceptors (Lipinski definition) is 3. The van der Waals surface area contributed by atoms with Crippen LogP contribution in [-0.2, 0) is 0 Å². The number of aliphatic hydroxyl groups is 1. The van der Waals surface area contributed by atoms with Crippen molar-refractivity contribution < 1.29 is 9.90 Å². The predicted octanol–water partition coefficient (Wildman–Crippen LogP) is 1.77. The Kier molecular flexibility index (Phi) is 8.04. The van der Waals surface area contributed by atoms with Gasteiger partial charge in [-0.2, -0.15) is 0 Å². The molecule has 1 saturated heterocycles. The van der Waals surface area contributed by atoms with Crippen LogP contribution in [0.4, 0.5) is 4.79 Å². The zero-order valence-electron chi connectivity index (χ0n) is 14.1. The van der Waals surface area contributed by atoms with E-state index in [-0.39, 0.29) is 12.6 Å². The second-order valence-electron chi connectivity index (χ2n) is 6.90. The van der Waals surface area contributed by atoms with Gasteiger partial charge < -0.3 is 20.2 Å². The molecule has 0 aromatic carbocycles. The van der Waals surface area contributed by atoms with Crippen LogP contribution in [-0.4, -0.2) is 67.3 Å². The third kappa shape index (κ3) is 6.66. The number of nitrogens with zero attached hydrogens (tertiary/aromatic N) is 2. The number of urea groups is 1. The van der Waals surface area contributed by atoms with Crippen LogP contribution in [0.3, 0.4) is 0 Å². The Balaban J connectivity index is 2.40. The second kappa shape index (κ2) is 9.26. The molecule has 1 heterocycles. The van der Waals surface area contributed by atoms with Crippen molar-refractivity contribution in [1.82, 2.24) is 15.1 Å². The molecule has 5 nitrogen and oxygen atoms in total. The molecule has 1 rings (SSSR count). The lowest BCUT2D eigenvalue weighted by Gasteiger charge is -2.36. The van der Waals surface area contributed by atoms with Gasteiger partial charge in [0.05, 0.1) is 0 Å². The Morgan fingerprint density at radius 2 is 2.14 bits per heavy atom. The molecule has 0 bridgehead atoms. The molecule has 0 aliphatic carbocycles. The van der Waals surface area contributed by atoms with Gasteiger partial charge in [-0.25, -0.2) is 4.79 Å². The van der Waals surface area contributed by atoms with Gasteiger partial charge in [0.1, 0.15) is 0 Å². The van der Waals surface area contributed by atoms with Crippen LogP contribution in [0.1, 0.15) is 39.5 Å². The van der Waals surface area contributed by atoms with Crippen molar-refractivity contribution in [2.75, 3.05) is 40.3 Å². The Labute approximate surface area is 129 Å². The molecular weight excluding hydrogens is 266 g/mol. The van der Waals surface area contributed by atoms with E-state index in [0.29, 0.717) is 24.4 Å². The fraction of sp³-hybridized carbons (Fsp3) is 0.938. The smallest absolute Gasteiger partial charge is 0.317 e. The summed E-state index contributed by atoms with van der Waals surface area (Å²) >= 11 is 0. The fourth-order valence-corrected chi connectivity index (χ4v) is 3.06. The number of hydrogen-bond donors (Lipinski definition) is 2. The lowest BCUT2D eigenvalue weighted by atomic mass is 9.94. The van der Waals surface area contributed by atoms with Gasteiger partial charge in [-0.05, 0) is 51.6 Å². The average Bonchev–Trinajstić information content (AvgIpc) is 2.44. The zero-order valence-corrected chi connectivity index (χ0v) is 14.1. The molecule has 1 aliphatic rings. The van der Waals surface area contributed by atoms with E-state index >= 15 is 0 Å².